The first-order valence-electron chi connectivity index (χ1n) is 10.6. The van der Waals surface area contributed by atoms with Crippen molar-refractivity contribution in [1.29, 1.82) is 0 Å². The van der Waals surface area contributed by atoms with Gasteiger partial charge in [-0.2, -0.15) is 0 Å². The van der Waals surface area contributed by atoms with Gasteiger partial charge in [0.05, 0.1) is 18.1 Å². The van der Waals surface area contributed by atoms with Gasteiger partial charge in [0.15, 0.2) is 0 Å². The van der Waals surface area contributed by atoms with E-state index in [1.54, 1.807) is 0 Å². The molecule has 0 spiro atoms. The van der Waals surface area contributed by atoms with Crippen molar-refractivity contribution >= 4 is 5.91 Å². The first-order valence-corrected chi connectivity index (χ1v) is 10.6. The molecule has 3 aliphatic rings. The summed E-state index contributed by atoms with van der Waals surface area (Å²) < 4.78 is 0. The SMILES string of the molecule is Cc1cc(C2NNC3CC4NC(=O)C(C(O)c5ccccc5)CC4CC32)ccn1. The molecule has 6 heteroatoms. The number of aromatic nitrogens is 1. The highest BCUT2D eigenvalue weighted by molar-refractivity contribution is 5.80. The number of aliphatic hydroxyl groups is 1. The minimum absolute atomic E-state index is 0.0201. The predicted octanol–water partition coefficient (Wildman–Crippen LogP) is 2.17. The van der Waals surface area contributed by atoms with E-state index in [9.17, 15) is 9.90 Å². The highest BCUT2D eigenvalue weighted by atomic mass is 16.3. The summed E-state index contributed by atoms with van der Waals surface area (Å²) in [5, 5.41) is 14.1. The van der Waals surface area contributed by atoms with Gasteiger partial charge in [0.1, 0.15) is 0 Å². The Balaban J connectivity index is 1.34. The molecule has 0 radical (unpaired) electrons. The number of piperidine rings is 1. The number of hydrazine groups is 1. The molecule has 4 N–H and O–H groups in total. The number of carbonyl (C=O) groups is 1. The first-order chi connectivity index (χ1) is 14.1. The lowest BCUT2D eigenvalue weighted by molar-refractivity contribution is -0.135. The fourth-order valence-corrected chi connectivity index (χ4v) is 5.56. The molecule has 6 nitrogen and oxygen atoms in total. The summed E-state index contributed by atoms with van der Waals surface area (Å²) in [5.41, 5.74) is 10.0. The zero-order valence-corrected chi connectivity index (χ0v) is 16.6. The minimum atomic E-state index is -0.756. The first kappa shape index (κ1) is 18.7. The number of carbonyl (C=O) groups excluding carboxylic acids is 1. The number of hydrogen-bond donors (Lipinski definition) is 4. The summed E-state index contributed by atoms with van der Waals surface area (Å²) in [6, 6.07) is 14.5. The van der Waals surface area contributed by atoms with Crippen LogP contribution in [0.5, 0.6) is 0 Å². The predicted molar refractivity (Wildman–Crippen MR) is 109 cm³/mol. The van der Waals surface area contributed by atoms with E-state index in [0.29, 0.717) is 17.9 Å². The lowest BCUT2D eigenvalue weighted by atomic mass is 9.67. The molecule has 3 heterocycles. The summed E-state index contributed by atoms with van der Waals surface area (Å²) in [5.74, 6) is 0.430. The molecule has 1 amide bonds. The van der Waals surface area contributed by atoms with Crippen molar-refractivity contribution in [1.82, 2.24) is 21.2 Å². The van der Waals surface area contributed by atoms with Gasteiger partial charge < -0.3 is 10.4 Å². The quantitative estimate of drug-likeness (QED) is 0.643. The summed E-state index contributed by atoms with van der Waals surface area (Å²) in [6.45, 7) is 2.02. The lowest BCUT2D eigenvalue weighted by Crippen LogP contribution is -2.56. The van der Waals surface area contributed by atoms with Gasteiger partial charge in [-0.3, -0.25) is 15.2 Å². The maximum absolute atomic E-state index is 12.8. The third-order valence-corrected chi connectivity index (χ3v) is 7.04. The Bertz CT molecular complexity index is 889. The van der Waals surface area contributed by atoms with Crippen molar-refractivity contribution < 1.29 is 9.90 Å². The van der Waals surface area contributed by atoms with Crippen LogP contribution in [-0.4, -0.2) is 28.1 Å². The Kier molecular flexibility index (Phi) is 4.86. The molecular formula is C23H28N4O2. The maximum Gasteiger partial charge on any atom is 0.226 e. The van der Waals surface area contributed by atoms with Gasteiger partial charge in [-0.05, 0) is 61.3 Å². The number of aryl methyl sites for hydroxylation is 1. The molecule has 1 aliphatic carbocycles. The number of nitrogens with one attached hydrogen (secondary N) is 3. The Morgan fingerprint density at radius 2 is 1.90 bits per heavy atom. The van der Waals surface area contributed by atoms with E-state index in [-0.39, 0.29) is 23.9 Å². The van der Waals surface area contributed by atoms with Crippen LogP contribution in [0.4, 0.5) is 0 Å². The molecule has 2 saturated heterocycles. The van der Waals surface area contributed by atoms with Gasteiger partial charge in [-0.15, -0.1) is 0 Å². The van der Waals surface area contributed by atoms with Crippen molar-refractivity contribution in [3.63, 3.8) is 0 Å². The van der Waals surface area contributed by atoms with E-state index >= 15 is 0 Å². The summed E-state index contributed by atoms with van der Waals surface area (Å²) in [7, 11) is 0. The molecule has 2 aromatic rings. The third kappa shape index (κ3) is 3.45. The molecule has 1 saturated carbocycles. The van der Waals surface area contributed by atoms with Gasteiger partial charge in [0.25, 0.3) is 0 Å². The van der Waals surface area contributed by atoms with Crippen molar-refractivity contribution in [3.05, 3.63) is 65.5 Å². The van der Waals surface area contributed by atoms with E-state index in [1.807, 2.05) is 43.5 Å². The monoisotopic (exact) mass is 392 g/mol. The Labute approximate surface area is 171 Å². The van der Waals surface area contributed by atoms with Crippen LogP contribution in [0.15, 0.2) is 48.7 Å². The van der Waals surface area contributed by atoms with Gasteiger partial charge in [-0.1, -0.05) is 30.3 Å². The van der Waals surface area contributed by atoms with E-state index in [4.69, 9.17) is 0 Å². The number of hydrogen-bond acceptors (Lipinski definition) is 5. The van der Waals surface area contributed by atoms with Crippen LogP contribution >= 0.6 is 0 Å². The van der Waals surface area contributed by atoms with Crippen molar-refractivity contribution in [3.8, 4) is 0 Å². The smallest absolute Gasteiger partial charge is 0.226 e. The molecule has 29 heavy (non-hydrogen) atoms. The van der Waals surface area contributed by atoms with Gasteiger partial charge in [-0.25, -0.2) is 5.43 Å². The normalized spacial score (nSPS) is 34.8. The molecule has 7 unspecified atom stereocenters. The van der Waals surface area contributed by atoms with Gasteiger partial charge in [0, 0.05) is 24.0 Å². The number of aliphatic hydroxyl groups excluding tert-OH is 1. The molecule has 7 atom stereocenters. The number of rotatable bonds is 3. The van der Waals surface area contributed by atoms with E-state index in [2.05, 4.69) is 33.3 Å². The summed E-state index contributed by atoms with van der Waals surface area (Å²) in [4.78, 5) is 17.1. The Morgan fingerprint density at radius 1 is 1.07 bits per heavy atom. The van der Waals surface area contributed by atoms with E-state index in [1.165, 1.54) is 5.56 Å². The number of pyridine rings is 1. The zero-order valence-electron chi connectivity index (χ0n) is 16.6. The van der Waals surface area contributed by atoms with E-state index in [0.717, 1.165) is 30.5 Å². The molecule has 2 aliphatic heterocycles. The van der Waals surface area contributed by atoms with Crippen molar-refractivity contribution in [2.45, 2.75) is 50.4 Å². The number of fused-ring (bicyclic) bond motifs is 2. The zero-order chi connectivity index (χ0) is 20.0. The van der Waals surface area contributed by atoms with Gasteiger partial charge in [0.2, 0.25) is 5.91 Å². The van der Waals surface area contributed by atoms with E-state index < -0.39 is 6.10 Å². The van der Waals surface area contributed by atoms with Crippen LogP contribution in [-0.2, 0) is 4.79 Å². The average molecular weight is 393 g/mol. The fourth-order valence-electron chi connectivity index (χ4n) is 5.56. The molecule has 3 fully saturated rings. The Hall–Kier alpha value is -2.28. The van der Waals surface area contributed by atoms with Crippen molar-refractivity contribution in [2.75, 3.05) is 0 Å². The number of benzene rings is 1. The molecule has 152 valence electrons. The molecule has 1 aromatic heterocycles. The van der Waals surface area contributed by atoms with Crippen LogP contribution in [0.2, 0.25) is 0 Å². The van der Waals surface area contributed by atoms with Crippen LogP contribution < -0.4 is 16.2 Å². The number of amides is 1. The van der Waals surface area contributed by atoms with Crippen molar-refractivity contribution in [2.24, 2.45) is 17.8 Å². The van der Waals surface area contributed by atoms with Crippen LogP contribution in [0, 0.1) is 24.7 Å². The summed E-state index contributed by atoms with van der Waals surface area (Å²) in [6.07, 6.45) is 3.80. The highest BCUT2D eigenvalue weighted by Gasteiger charge is 2.49. The second-order valence-corrected chi connectivity index (χ2v) is 8.81. The summed E-state index contributed by atoms with van der Waals surface area (Å²) >= 11 is 0. The highest BCUT2D eigenvalue weighted by Crippen LogP contribution is 2.45. The Morgan fingerprint density at radius 3 is 2.69 bits per heavy atom. The topological polar surface area (TPSA) is 86.3 Å². The fraction of sp³-hybridized carbons (Fsp3) is 0.478. The standard InChI is InChI=1S/C23H28N4O2/c1-13-9-15(7-8-24-13)21-17-10-16-11-18(22(28)14-5-3-2-4-6-14)23(29)25-19(16)12-20(17)26-27-21/h2-9,16-22,26-28H,10-12H2,1H3,(H,25,29). The minimum Gasteiger partial charge on any atom is -0.388 e. The molecule has 0 bridgehead atoms. The lowest BCUT2D eigenvalue weighted by Gasteiger charge is -2.45. The van der Waals surface area contributed by atoms with Gasteiger partial charge >= 0.3 is 0 Å². The largest absolute Gasteiger partial charge is 0.388 e. The third-order valence-electron chi connectivity index (χ3n) is 7.04. The van der Waals surface area contributed by atoms with Crippen LogP contribution in [0.3, 0.4) is 0 Å². The molecule has 5 rings (SSSR count). The molecule has 1 aromatic carbocycles. The number of nitrogens with zero attached hydrogens (tertiary/aromatic N) is 1. The maximum atomic E-state index is 12.8. The van der Waals surface area contributed by atoms with Crippen LogP contribution in [0.25, 0.3) is 0 Å². The second-order valence-electron chi connectivity index (χ2n) is 8.81. The van der Waals surface area contributed by atoms with Crippen LogP contribution in [0.1, 0.15) is 48.2 Å². The second kappa shape index (κ2) is 7.52. The molecular weight excluding hydrogens is 364 g/mol. The average Bonchev–Trinajstić information content (AvgIpc) is 3.14.